The number of nitrogens with one attached hydrogen (secondary N) is 3. The van der Waals surface area contributed by atoms with Crippen LogP contribution in [-0.2, 0) is 16.6 Å². The lowest BCUT2D eigenvalue weighted by atomic mass is 10.3. The Morgan fingerprint density at radius 2 is 2.00 bits per heavy atom. The fourth-order valence-corrected chi connectivity index (χ4v) is 3.35. The van der Waals surface area contributed by atoms with Gasteiger partial charge in [-0.2, -0.15) is 5.10 Å². The molecule has 0 unspecified atom stereocenters. The zero-order chi connectivity index (χ0) is 16.0. The molecule has 0 spiro atoms. The Hall–Kier alpha value is -0.960. The second-order valence-electron chi connectivity index (χ2n) is 5.71. The molecule has 1 aromatic rings. The number of sulfonamides is 1. The molecule has 0 saturated heterocycles. The first kappa shape index (κ1) is 18.1. The SMILES string of the molecule is Cc1[nH]nc(CNC(C)C)c1S(=O)(=O)NCCCN(C)C. The molecule has 0 atom stereocenters. The van der Waals surface area contributed by atoms with Gasteiger partial charge in [-0.15, -0.1) is 0 Å². The van der Waals surface area contributed by atoms with Crippen molar-refractivity contribution in [1.29, 1.82) is 0 Å². The molecule has 0 aromatic carbocycles. The second-order valence-corrected chi connectivity index (χ2v) is 7.42. The van der Waals surface area contributed by atoms with E-state index in [0.29, 0.717) is 24.5 Å². The van der Waals surface area contributed by atoms with Crippen molar-refractivity contribution in [2.75, 3.05) is 27.2 Å². The lowest BCUT2D eigenvalue weighted by molar-refractivity contribution is 0.400. The van der Waals surface area contributed by atoms with Crippen molar-refractivity contribution >= 4 is 10.0 Å². The van der Waals surface area contributed by atoms with Crippen LogP contribution in [0, 0.1) is 6.92 Å². The number of hydrogen-bond acceptors (Lipinski definition) is 5. The van der Waals surface area contributed by atoms with Crippen LogP contribution in [0.4, 0.5) is 0 Å². The summed E-state index contributed by atoms with van der Waals surface area (Å²) in [5.41, 5.74) is 1.09. The highest BCUT2D eigenvalue weighted by Crippen LogP contribution is 2.17. The summed E-state index contributed by atoms with van der Waals surface area (Å²) in [6, 6.07) is 0.269. The first-order valence-electron chi connectivity index (χ1n) is 7.15. The molecule has 0 aliphatic heterocycles. The monoisotopic (exact) mass is 317 g/mol. The maximum absolute atomic E-state index is 12.4. The molecule has 1 aromatic heterocycles. The van der Waals surface area contributed by atoms with Gasteiger partial charge >= 0.3 is 0 Å². The van der Waals surface area contributed by atoms with Crippen LogP contribution in [0.1, 0.15) is 31.7 Å². The van der Waals surface area contributed by atoms with Gasteiger partial charge in [0.15, 0.2) is 0 Å². The highest BCUT2D eigenvalue weighted by atomic mass is 32.2. The van der Waals surface area contributed by atoms with Crippen molar-refractivity contribution in [1.82, 2.24) is 25.1 Å². The summed E-state index contributed by atoms with van der Waals surface area (Å²) in [6.07, 6.45) is 0.767. The number of aryl methyl sites for hydroxylation is 1. The molecule has 0 aliphatic rings. The van der Waals surface area contributed by atoms with Gasteiger partial charge in [0.2, 0.25) is 10.0 Å². The first-order valence-corrected chi connectivity index (χ1v) is 8.64. The molecule has 7 nitrogen and oxygen atoms in total. The average Bonchev–Trinajstić information content (AvgIpc) is 2.74. The molecule has 0 bridgehead atoms. The number of rotatable bonds is 9. The van der Waals surface area contributed by atoms with Gasteiger partial charge in [-0.1, -0.05) is 13.8 Å². The lowest BCUT2D eigenvalue weighted by Crippen LogP contribution is -2.29. The molecule has 0 fully saturated rings. The van der Waals surface area contributed by atoms with Crippen molar-refractivity contribution in [3.63, 3.8) is 0 Å². The summed E-state index contributed by atoms with van der Waals surface area (Å²) in [4.78, 5) is 2.29. The lowest BCUT2D eigenvalue weighted by Gasteiger charge is -2.12. The normalized spacial score (nSPS) is 12.5. The predicted molar refractivity (Wildman–Crippen MR) is 83.7 cm³/mol. The summed E-state index contributed by atoms with van der Waals surface area (Å²) >= 11 is 0. The van der Waals surface area contributed by atoms with Gasteiger partial charge in [-0.05, 0) is 34.0 Å². The molecule has 0 saturated carbocycles. The van der Waals surface area contributed by atoms with E-state index >= 15 is 0 Å². The van der Waals surface area contributed by atoms with Crippen LogP contribution in [0.25, 0.3) is 0 Å². The van der Waals surface area contributed by atoms with E-state index in [1.165, 1.54) is 0 Å². The van der Waals surface area contributed by atoms with Crippen LogP contribution < -0.4 is 10.0 Å². The number of nitrogens with zero attached hydrogens (tertiary/aromatic N) is 2. The molecule has 0 radical (unpaired) electrons. The summed E-state index contributed by atoms with van der Waals surface area (Å²) in [5, 5.41) is 10.0. The van der Waals surface area contributed by atoms with Gasteiger partial charge in [-0.25, -0.2) is 13.1 Å². The number of aromatic amines is 1. The van der Waals surface area contributed by atoms with Crippen molar-refractivity contribution in [2.24, 2.45) is 0 Å². The summed E-state index contributed by atoms with van der Waals surface area (Å²) in [5.74, 6) is 0. The zero-order valence-corrected chi connectivity index (χ0v) is 14.3. The van der Waals surface area contributed by atoms with E-state index in [9.17, 15) is 8.42 Å². The number of aromatic nitrogens is 2. The van der Waals surface area contributed by atoms with Crippen LogP contribution in [0.15, 0.2) is 4.90 Å². The van der Waals surface area contributed by atoms with Crippen LogP contribution in [0.2, 0.25) is 0 Å². The minimum absolute atomic E-state index is 0.264. The van der Waals surface area contributed by atoms with Crippen molar-refractivity contribution in [3.05, 3.63) is 11.4 Å². The Balaban J connectivity index is 2.75. The molecule has 3 N–H and O–H groups in total. The highest BCUT2D eigenvalue weighted by molar-refractivity contribution is 7.89. The third kappa shape index (κ3) is 5.74. The van der Waals surface area contributed by atoms with E-state index in [4.69, 9.17) is 0 Å². The molecular weight excluding hydrogens is 290 g/mol. The topological polar surface area (TPSA) is 90.1 Å². The van der Waals surface area contributed by atoms with E-state index < -0.39 is 10.0 Å². The van der Waals surface area contributed by atoms with Gasteiger partial charge in [0.1, 0.15) is 4.90 Å². The second kappa shape index (κ2) is 7.88. The van der Waals surface area contributed by atoms with Crippen LogP contribution in [0.5, 0.6) is 0 Å². The summed E-state index contributed by atoms with van der Waals surface area (Å²) < 4.78 is 27.5. The Morgan fingerprint density at radius 3 is 2.57 bits per heavy atom. The minimum Gasteiger partial charge on any atom is -0.309 e. The molecule has 21 heavy (non-hydrogen) atoms. The van der Waals surface area contributed by atoms with Gasteiger partial charge < -0.3 is 10.2 Å². The molecule has 1 rings (SSSR count). The minimum atomic E-state index is -3.53. The van der Waals surface area contributed by atoms with Crippen LogP contribution in [-0.4, -0.2) is 56.7 Å². The van der Waals surface area contributed by atoms with Crippen molar-refractivity contribution in [2.45, 2.75) is 44.7 Å². The van der Waals surface area contributed by atoms with Crippen molar-refractivity contribution in [3.8, 4) is 0 Å². The fraction of sp³-hybridized carbons (Fsp3) is 0.769. The van der Waals surface area contributed by atoms with Crippen LogP contribution >= 0.6 is 0 Å². The van der Waals surface area contributed by atoms with Crippen LogP contribution in [0.3, 0.4) is 0 Å². The Bertz CT molecular complexity index is 537. The molecular formula is C13H27N5O2S. The third-order valence-electron chi connectivity index (χ3n) is 2.98. The van der Waals surface area contributed by atoms with Gasteiger partial charge in [0.05, 0.1) is 11.4 Å². The Morgan fingerprint density at radius 1 is 1.33 bits per heavy atom. The smallest absolute Gasteiger partial charge is 0.244 e. The maximum atomic E-state index is 12.4. The Labute approximate surface area is 127 Å². The van der Waals surface area contributed by atoms with Crippen molar-refractivity contribution < 1.29 is 8.42 Å². The van der Waals surface area contributed by atoms with E-state index in [1.807, 2.05) is 32.8 Å². The molecule has 122 valence electrons. The van der Waals surface area contributed by atoms with E-state index in [1.54, 1.807) is 6.92 Å². The van der Waals surface area contributed by atoms with Gasteiger partial charge in [-0.3, -0.25) is 5.10 Å². The highest BCUT2D eigenvalue weighted by Gasteiger charge is 2.23. The van der Waals surface area contributed by atoms with Gasteiger partial charge in [0.25, 0.3) is 0 Å². The number of H-pyrrole nitrogens is 1. The predicted octanol–water partition coefficient (Wildman–Crippen LogP) is 0.446. The number of hydrogen-bond donors (Lipinski definition) is 3. The van der Waals surface area contributed by atoms with E-state index in [0.717, 1.165) is 13.0 Å². The molecule has 8 heteroatoms. The largest absolute Gasteiger partial charge is 0.309 e. The standard InChI is InChI=1S/C13H27N5O2S/c1-10(2)14-9-12-13(11(3)16-17-12)21(19,20)15-7-6-8-18(4)5/h10,14-15H,6-9H2,1-5H3,(H,16,17). The summed E-state index contributed by atoms with van der Waals surface area (Å²) in [6.45, 7) is 7.42. The Kier molecular flexibility index (Phi) is 6.79. The van der Waals surface area contributed by atoms with Gasteiger partial charge in [0, 0.05) is 19.1 Å². The molecule has 1 heterocycles. The zero-order valence-electron chi connectivity index (χ0n) is 13.5. The average molecular weight is 317 g/mol. The fourth-order valence-electron chi connectivity index (χ4n) is 1.92. The van der Waals surface area contributed by atoms with E-state index in [2.05, 4.69) is 20.2 Å². The van der Waals surface area contributed by atoms with E-state index in [-0.39, 0.29) is 10.9 Å². The third-order valence-corrected chi connectivity index (χ3v) is 4.65. The molecule has 0 aliphatic carbocycles. The molecule has 0 amide bonds. The summed E-state index contributed by atoms with van der Waals surface area (Å²) in [7, 11) is 0.399. The maximum Gasteiger partial charge on any atom is 0.244 e. The quantitative estimate of drug-likeness (QED) is 0.575. The first-order chi connectivity index (χ1) is 9.74.